The highest BCUT2D eigenvalue weighted by Crippen LogP contribution is 2.44. The normalized spacial score (nSPS) is 18.5. The summed E-state index contributed by atoms with van der Waals surface area (Å²) in [5.74, 6) is 1.35. The van der Waals surface area contributed by atoms with Crippen LogP contribution in [0.25, 0.3) is 0 Å². The van der Waals surface area contributed by atoms with E-state index in [1.165, 1.54) is 23.1 Å². The van der Waals surface area contributed by atoms with Crippen LogP contribution in [0.15, 0.2) is 47.5 Å². The molecular weight excluding hydrogens is 454 g/mol. The summed E-state index contributed by atoms with van der Waals surface area (Å²) < 4.78 is 12.6. The van der Waals surface area contributed by atoms with Gasteiger partial charge in [0.25, 0.3) is 5.91 Å². The van der Waals surface area contributed by atoms with Crippen molar-refractivity contribution in [3.05, 3.63) is 76.1 Å². The van der Waals surface area contributed by atoms with Gasteiger partial charge in [0.2, 0.25) is 5.96 Å². The van der Waals surface area contributed by atoms with E-state index in [1.807, 2.05) is 38.1 Å². The van der Waals surface area contributed by atoms with Crippen LogP contribution in [0.2, 0.25) is 0 Å². The molecule has 0 radical (unpaired) electrons. The predicted octanol–water partition coefficient (Wildman–Crippen LogP) is 4.61. The number of aliphatic imine (C=N–C) groups is 1. The molecule has 8 heteroatoms. The second-order valence-corrected chi connectivity index (χ2v) is 9.45. The number of benzene rings is 2. The van der Waals surface area contributed by atoms with Gasteiger partial charge in [-0.15, -0.1) is 0 Å². The van der Waals surface area contributed by atoms with E-state index >= 15 is 0 Å². The summed E-state index contributed by atoms with van der Waals surface area (Å²) in [7, 11) is 3.31. The summed E-state index contributed by atoms with van der Waals surface area (Å²) in [6, 6.07) is 13.6. The molecule has 1 saturated carbocycles. The fraction of sp³-hybridized carbons (Fsp3) is 0.357. The number of hydrogen-bond acceptors (Lipinski definition) is 6. The number of carbonyl (C=O) groups excluding carboxylic acids is 1. The summed E-state index contributed by atoms with van der Waals surface area (Å²) in [5, 5.41) is 15.1. The smallest absolute Gasteiger partial charge is 0.258 e. The number of rotatable bonds is 4. The van der Waals surface area contributed by atoms with Crippen LogP contribution in [-0.4, -0.2) is 47.6 Å². The number of ether oxygens (including phenoxy) is 2. The summed E-state index contributed by atoms with van der Waals surface area (Å²) in [6.45, 7) is 3.70. The van der Waals surface area contributed by atoms with Crippen LogP contribution in [0.4, 0.5) is 0 Å². The number of carbonyl (C=O) groups is 1. The van der Waals surface area contributed by atoms with E-state index in [0.29, 0.717) is 17.2 Å². The number of amides is 1. The van der Waals surface area contributed by atoms with Crippen LogP contribution in [0, 0.1) is 19.3 Å². The number of fused-ring (bicyclic) bond motifs is 3. The molecule has 2 aliphatic rings. The highest BCUT2D eigenvalue weighted by atomic mass is 16.5. The molecule has 1 aliphatic heterocycles. The second-order valence-electron chi connectivity index (χ2n) is 9.45. The lowest BCUT2D eigenvalue weighted by molar-refractivity contribution is 0.0975. The van der Waals surface area contributed by atoms with E-state index in [1.54, 1.807) is 26.4 Å². The van der Waals surface area contributed by atoms with E-state index in [4.69, 9.17) is 19.9 Å². The predicted molar refractivity (Wildman–Crippen MR) is 139 cm³/mol. The SMILES string of the molecule is COc1cc2c(cc1OC)[C@H]1CCCC[C@H]1N=C2c1ccc(C(=O)NC(=N)n2nc(C)cc2C)cc1. The Bertz CT molecular complexity index is 1360. The third-order valence-electron chi connectivity index (χ3n) is 7.11. The van der Waals surface area contributed by atoms with Gasteiger partial charge >= 0.3 is 0 Å². The zero-order chi connectivity index (χ0) is 25.4. The molecule has 1 fully saturated rings. The van der Waals surface area contributed by atoms with Crippen LogP contribution in [-0.2, 0) is 0 Å². The average Bonchev–Trinajstić information content (AvgIpc) is 3.25. The van der Waals surface area contributed by atoms with Crippen LogP contribution >= 0.6 is 0 Å². The van der Waals surface area contributed by atoms with Gasteiger partial charge in [-0.25, -0.2) is 4.68 Å². The fourth-order valence-electron chi connectivity index (χ4n) is 5.37. The van der Waals surface area contributed by atoms with Crippen LogP contribution < -0.4 is 14.8 Å². The number of hydrogen-bond donors (Lipinski definition) is 2. The summed E-state index contributed by atoms with van der Waals surface area (Å²) in [4.78, 5) is 18.0. The zero-order valence-electron chi connectivity index (χ0n) is 21.1. The molecule has 0 saturated heterocycles. The first-order valence-electron chi connectivity index (χ1n) is 12.3. The third kappa shape index (κ3) is 4.27. The van der Waals surface area contributed by atoms with Gasteiger partial charge < -0.3 is 9.47 Å². The van der Waals surface area contributed by atoms with Crippen LogP contribution in [0.5, 0.6) is 11.5 Å². The topological polar surface area (TPSA) is 102 Å². The van der Waals surface area contributed by atoms with E-state index in [9.17, 15) is 4.79 Å². The van der Waals surface area contributed by atoms with Crippen molar-refractivity contribution >= 4 is 17.6 Å². The van der Waals surface area contributed by atoms with Gasteiger partial charge in [0.15, 0.2) is 11.5 Å². The number of aromatic nitrogens is 2. The van der Waals surface area contributed by atoms with Gasteiger partial charge in [-0.1, -0.05) is 25.0 Å². The molecule has 0 spiro atoms. The largest absolute Gasteiger partial charge is 0.493 e. The molecule has 2 N–H and O–H groups in total. The monoisotopic (exact) mass is 485 g/mol. The van der Waals surface area contributed by atoms with Gasteiger partial charge in [-0.2, -0.15) is 5.10 Å². The quantitative estimate of drug-likeness (QED) is 0.416. The standard InChI is InChI=1S/C28H31N5O3/c1-16-13-17(2)33(32-16)28(29)31-27(34)19-11-9-18(10-12-19)26-22-15-25(36-4)24(35-3)14-21(22)20-7-5-6-8-23(20)30-26/h9-15,20,23H,5-8H2,1-4H3,(H2,29,31,34)/t20-,23-/m1/s1. The molecule has 2 heterocycles. The molecule has 0 unspecified atom stereocenters. The van der Waals surface area contributed by atoms with Gasteiger partial charge in [0, 0.05) is 28.3 Å². The number of nitrogens with zero attached hydrogens (tertiary/aromatic N) is 3. The maximum atomic E-state index is 12.8. The highest BCUT2D eigenvalue weighted by Gasteiger charge is 2.34. The van der Waals surface area contributed by atoms with E-state index in [2.05, 4.69) is 16.5 Å². The fourth-order valence-corrected chi connectivity index (χ4v) is 5.37. The van der Waals surface area contributed by atoms with Crippen LogP contribution in [0.3, 0.4) is 0 Å². The molecule has 0 bridgehead atoms. The molecule has 5 rings (SSSR count). The van der Waals surface area contributed by atoms with Crippen molar-refractivity contribution in [2.75, 3.05) is 14.2 Å². The maximum absolute atomic E-state index is 12.8. The molecule has 1 aliphatic carbocycles. The van der Waals surface area contributed by atoms with Gasteiger partial charge in [0.05, 0.1) is 31.7 Å². The Morgan fingerprint density at radius 1 is 1.03 bits per heavy atom. The Kier molecular flexibility index (Phi) is 6.35. The Hall–Kier alpha value is -3.94. The lowest BCUT2D eigenvalue weighted by Gasteiger charge is -2.35. The Balaban J connectivity index is 1.44. The molecule has 8 nitrogen and oxygen atoms in total. The minimum atomic E-state index is -0.358. The number of nitrogens with one attached hydrogen (secondary N) is 2. The van der Waals surface area contributed by atoms with Crippen molar-refractivity contribution in [1.29, 1.82) is 5.41 Å². The molecule has 2 atom stereocenters. The van der Waals surface area contributed by atoms with Gasteiger partial charge in [0.1, 0.15) is 0 Å². The average molecular weight is 486 g/mol. The van der Waals surface area contributed by atoms with Crippen LogP contribution in [0.1, 0.15) is 70.0 Å². The molecule has 2 aromatic carbocycles. The second kappa shape index (κ2) is 9.60. The first-order chi connectivity index (χ1) is 17.4. The highest BCUT2D eigenvalue weighted by molar-refractivity contribution is 6.15. The lowest BCUT2D eigenvalue weighted by atomic mass is 9.75. The molecule has 36 heavy (non-hydrogen) atoms. The Labute approximate surface area is 210 Å². The zero-order valence-corrected chi connectivity index (χ0v) is 21.1. The molecular formula is C28H31N5O3. The van der Waals surface area contributed by atoms with E-state index in [0.717, 1.165) is 46.8 Å². The minimum Gasteiger partial charge on any atom is -0.493 e. The Morgan fingerprint density at radius 2 is 1.72 bits per heavy atom. The molecule has 3 aromatic rings. The Morgan fingerprint density at radius 3 is 2.39 bits per heavy atom. The van der Waals surface area contributed by atoms with E-state index < -0.39 is 0 Å². The molecule has 1 aromatic heterocycles. The summed E-state index contributed by atoms with van der Waals surface area (Å²) in [5.41, 5.74) is 6.20. The molecule has 186 valence electrons. The number of methoxy groups -OCH3 is 2. The van der Waals surface area contributed by atoms with Crippen molar-refractivity contribution in [2.24, 2.45) is 4.99 Å². The molecule has 1 amide bonds. The van der Waals surface area contributed by atoms with Crippen molar-refractivity contribution < 1.29 is 14.3 Å². The van der Waals surface area contributed by atoms with Crippen molar-refractivity contribution in [1.82, 2.24) is 15.1 Å². The lowest BCUT2D eigenvalue weighted by Crippen LogP contribution is -2.36. The van der Waals surface area contributed by atoms with Crippen molar-refractivity contribution in [3.63, 3.8) is 0 Å². The maximum Gasteiger partial charge on any atom is 0.258 e. The minimum absolute atomic E-state index is 0.0790. The summed E-state index contributed by atoms with van der Waals surface area (Å²) in [6.07, 6.45) is 4.57. The van der Waals surface area contributed by atoms with Crippen molar-refractivity contribution in [3.8, 4) is 11.5 Å². The summed E-state index contributed by atoms with van der Waals surface area (Å²) >= 11 is 0. The first kappa shape index (κ1) is 23.8. The van der Waals surface area contributed by atoms with Gasteiger partial charge in [-0.3, -0.25) is 20.5 Å². The number of aryl methyl sites for hydroxylation is 2. The third-order valence-corrected chi connectivity index (χ3v) is 7.11. The van der Waals surface area contributed by atoms with Crippen molar-refractivity contribution in [2.45, 2.75) is 51.5 Å². The van der Waals surface area contributed by atoms with Gasteiger partial charge in [-0.05, 0) is 62.6 Å². The van der Waals surface area contributed by atoms with E-state index in [-0.39, 0.29) is 17.9 Å². The first-order valence-corrected chi connectivity index (χ1v) is 12.3.